The molecule has 0 saturated heterocycles. The van der Waals surface area contributed by atoms with Crippen LogP contribution < -0.4 is 5.32 Å². The number of aryl methyl sites for hydroxylation is 1. The SMILES string of the molecule is Cn1ccnc1CNC(=O)c1cc(Cl)nc(Cl)c1. The summed E-state index contributed by atoms with van der Waals surface area (Å²) in [5.74, 6) is 0.485. The summed E-state index contributed by atoms with van der Waals surface area (Å²) in [5.41, 5.74) is 0.370. The molecule has 0 radical (unpaired) electrons. The van der Waals surface area contributed by atoms with Crippen LogP contribution in [0.4, 0.5) is 0 Å². The molecule has 18 heavy (non-hydrogen) atoms. The van der Waals surface area contributed by atoms with E-state index in [1.807, 2.05) is 17.8 Å². The number of hydrogen-bond acceptors (Lipinski definition) is 3. The molecule has 0 spiro atoms. The van der Waals surface area contributed by atoms with Gasteiger partial charge in [0, 0.05) is 25.0 Å². The van der Waals surface area contributed by atoms with Gasteiger partial charge in [0.25, 0.3) is 5.91 Å². The zero-order chi connectivity index (χ0) is 13.1. The molecule has 5 nitrogen and oxygen atoms in total. The van der Waals surface area contributed by atoms with Crippen molar-refractivity contribution in [3.05, 3.63) is 46.2 Å². The van der Waals surface area contributed by atoms with Gasteiger partial charge < -0.3 is 9.88 Å². The first-order valence-electron chi connectivity index (χ1n) is 5.14. The molecule has 0 fully saturated rings. The lowest BCUT2D eigenvalue weighted by Crippen LogP contribution is -2.24. The third-order valence-corrected chi connectivity index (χ3v) is 2.74. The zero-order valence-corrected chi connectivity index (χ0v) is 11.0. The Hall–Kier alpha value is -1.59. The van der Waals surface area contributed by atoms with E-state index in [2.05, 4.69) is 15.3 Å². The lowest BCUT2D eigenvalue weighted by atomic mass is 10.2. The van der Waals surface area contributed by atoms with Crippen LogP contribution in [0.2, 0.25) is 10.3 Å². The Kier molecular flexibility index (Phi) is 3.84. The van der Waals surface area contributed by atoms with E-state index in [1.165, 1.54) is 12.1 Å². The Morgan fingerprint density at radius 2 is 2.06 bits per heavy atom. The molecule has 0 aliphatic rings. The average molecular weight is 285 g/mol. The minimum absolute atomic E-state index is 0.185. The van der Waals surface area contributed by atoms with Gasteiger partial charge in [0.05, 0.1) is 6.54 Å². The van der Waals surface area contributed by atoms with E-state index in [4.69, 9.17) is 23.2 Å². The molecule has 94 valence electrons. The minimum Gasteiger partial charge on any atom is -0.345 e. The van der Waals surface area contributed by atoms with Crippen molar-refractivity contribution in [2.75, 3.05) is 0 Å². The molecular weight excluding hydrogens is 275 g/mol. The van der Waals surface area contributed by atoms with Crippen LogP contribution in [0, 0.1) is 0 Å². The molecule has 0 unspecified atom stereocenters. The van der Waals surface area contributed by atoms with Crippen LogP contribution in [0.3, 0.4) is 0 Å². The van der Waals surface area contributed by atoms with Gasteiger partial charge in [-0.05, 0) is 12.1 Å². The third kappa shape index (κ3) is 3.00. The fraction of sp³-hybridized carbons (Fsp3) is 0.182. The van der Waals surface area contributed by atoms with Crippen molar-refractivity contribution < 1.29 is 4.79 Å². The highest BCUT2D eigenvalue weighted by Gasteiger charge is 2.09. The summed E-state index contributed by atoms with van der Waals surface area (Å²) in [6, 6.07) is 2.92. The molecule has 7 heteroatoms. The molecule has 0 atom stereocenters. The van der Waals surface area contributed by atoms with E-state index >= 15 is 0 Å². The van der Waals surface area contributed by atoms with Gasteiger partial charge in [0.15, 0.2) is 0 Å². The number of aromatic nitrogens is 3. The number of halogens is 2. The van der Waals surface area contributed by atoms with Crippen molar-refractivity contribution >= 4 is 29.1 Å². The molecule has 0 aromatic carbocycles. The fourth-order valence-electron chi connectivity index (χ4n) is 1.42. The van der Waals surface area contributed by atoms with E-state index in [9.17, 15) is 4.79 Å². The van der Waals surface area contributed by atoms with Crippen molar-refractivity contribution in [3.8, 4) is 0 Å². The van der Waals surface area contributed by atoms with Crippen molar-refractivity contribution in [1.29, 1.82) is 0 Å². The van der Waals surface area contributed by atoms with E-state index in [0.29, 0.717) is 12.1 Å². The Morgan fingerprint density at radius 1 is 1.39 bits per heavy atom. The molecular formula is C11H10Cl2N4O. The largest absolute Gasteiger partial charge is 0.345 e. The van der Waals surface area contributed by atoms with Crippen LogP contribution in [0.25, 0.3) is 0 Å². The predicted molar refractivity (Wildman–Crippen MR) is 68.6 cm³/mol. The maximum Gasteiger partial charge on any atom is 0.251 e. The number of nitrogens with one attached hydrogen (secondary N) is 1. The summed E-state index contributed by atoms with van der Waals surface area (Å²) < 4.78 is 1.83. The number of amides is 1. The molecule has 0 bridgehead atoms. The van der Waals surface area contributed by atoms with Crippen LogP contribution in [-0.4, -0.2) is 20.4 Å². The smallest absolute Gasteiger partial charge is 0.251 e. The summed E-state index contributed by atoms with van der Waals surface area (Å²) in [6.45, 7) is 0.333. The molecule has 2 aromatic rings. The standard InChI is InChI=1S/C11H10Cl2N4O/c1-17-3-2-14-10(17)6-15-11(18)7-4-8(12)16-9(13)5-7/h2-5H,6H2,1H3,(H,15,18). The van der Waals surface area contributed by atoms with E-state index < -0.39 is 0 Å². The molecule has 0 aliphatic carbocycles. The second-order valence-electron chi connectivity index (χ2n) is 3.64. The first-order valence-corrected chi connectivity index (χ1v) is 5.89. The predicted octanol–water partition coefficient (Wildman–Crippen LogP) is 2.05. The van der Waals surface area contributed by atoms with Crippen molar-refractivity contribution in [2.45, 2.75) is 6.54 Å². The van der Waals surface area contributed by atoms with Gasteiger partial charge in [-0.25, -0.2) is 9.97 Å². The topological polar surface area (TPSA) is 59.8 Å². The van der Waals surface area contributed by atoms with Gasteiger partial charge in [0.2, 0.25) is 0 Å². The summed E-state index contributed by atoms with van der Waals surface area (Å²) >= 11 is 11.5. The Morgan fingerprint density at radius 3 is 2.61 bits per heavy atom. The second-order valence-corrected chi connectivity index (χ2v) is 4.41. The summed E-state index contributed by atoms with van der Waals surface area (Å²) in [5, 5.41) is 3.10. The Bertz CT molecular complexity index is 562. The molecule has 1 amide bonds. The number of hydrogen-bond donors (Lipinski definition) is 1. The lowest BCUT2D eigenvalue weighted by molar-refractivity contribution is 0.0949. The summed E-state index contributed by atoms with van der Waals surface area (Å²) in [7, 11) is 1.86. The molecule has 1 N–H and O–H groups in total. The highest BCUT2D eigenvalue weighted by atomic mass is 35.5. The van der Waals surface area contributed by atoms with Gasteiger partial charge >= 0.3 is 0 Å². The van der Waals surface area contributed by atoms with Crippen molar-refractivity contribution in [1.82, 2.24) is 19.9 Å². The molecule has 0 aliphatic heterocycles. The Labute approximate surface area is 114 Å². The molecule has 0 saturated carbocycles. The van der Waals surface area contributed by atoms with Gasteiger partial charge in [-0.2, -0.15) is 0 Å². The second kappa shape index (κ2) is 5.37. The summed E-state index contributed by atoms with van der Waals surface area (Å²) in [4.78, 5) is 19.7. The van der Waals surface area contributed by atoms with Crippen molar-refractivity contribution in [2.24, 2.45) is 7.05 Å². The minimum atomic E-state index is -0.274. The van der Waals surface area contributed by atoms with Crippen LogP contribution in [0.5, 0.6) is 0 Å². The average Bonchev–Trinajstić information content (AvgIpc) is 2.70. The molecule has 2 aromatic heterocycles. The first-order chi connectivity index (χ1) is 8.56. The normalized spacial score (nSPS) is 10.4. The van der Waals surface area contributed by atoms with Crippen LogP contribution >= 0.6 is 23.2 Å². The van der Waals surface area contributed by atoms with Crippen LogP contribution in [0.15, 0.2) is 24.5 Å². The van der Waals surface area contributed by atoms with Crippen molar-refractivity contribution in [3.63, 3.8) is 0 Å². The quantitative estimate of drug-likeness (QED) is 0.878. The number of carbonyl (C=O) groups excluding carboxylic acids is 1. The maximum atomic E-state index is 11.9. The number of nitrogens with zero attached hydrogens (tertiary/aromatic N) is 3. The highest BCUT2D eigenvalue weighted by Crippen LogP contribution is 2.14. The fourth-order valence-corrected chi connectivity index (χ4v) is 1.88. The number of pyridine rings is 1. The number of imidazole rings is 1. The number of rotatable bonds is 3. The van der Waals surface area contributed by atoms with Gasteiger partial charge in [-0.3, -0.25) is 4.79 Å². The van der Waals surface area contributed by atoms with E-state index in [-0.39, 0.29) is 16.2 Å². The number of carbonyl (C=O) groups is 1. The first kappa shape index (κ1) is 12.9. The Balaban J connectivity index is 2.06. The van der Waals surface area contributed by atoms with Crippen LogP contribution in [-0.2, 0) is 13.6 Å². The maximum absolute atomic E-state index is 11.9. The summed E-state index contributed by atoms with van der Waals surface area (Å²) in [6.07, 6.45) is 3.48. The van der Waals surface area contributed by atoms with Gasteiger partial charge in [-0.15, -0.1) is 0 Å². The van der Waals surface area contributed by atoms with E-state index in [1.54, 1.807) is 6.20 Å². The zero-order valence-electron chi connectivity index (χ0n) is 9.52. The van der Waals surface area contributed by atoms with Crippen LogP contribution in [0.1, 0.15) is 16.2 Å². The van der Waals surface area contributed by atoms with Gasteiger partial charge in [0.1, 0.15) is 16.1 Å². The lowest BCUT2D eigenvalue weighted by Gasteiger charge is -2.06. The highest BCUT2D eigenvalue weighted by molar-refractivity contribution is 6.33. The molecule has 2 heterocycles. The molecule has 2 rings (SSSR count). The van der Waals surface area contributed by atoms with Gasteiger partial charge in [-0.1, -0.05) is 23.2 Å². The van der Waals surface area contributed by atoms with E-state index in [0.717, 1.165) is 5.82 Å². The third-order valence-electron chi connectivity index (χ3n) is 2.35. The monoisotopic (exact) mass is 284 g/mol.